The van der Waals surface area contributed by atoms with Gasteiger partial charge in [-0.15, -0.1) is 11.3 Å². The monoisotopic (exact) mass is 430 g/mol. The van der Waals surface area contributed by atoms with E-state index in [1.807, 2.05) is 28.5 Å². The van der Waals surface area contributed by atoms with Crippen molar-refractivity contribution < 1.29 is 18.7 Å². The van der Waals surface area contributed by atoms with Crippen molar-refractivity contribution in [3.8, 4) is 0 Å². The highest BCUT2D eigenvalue weighted by Gasteiger charge is 2.32. The second kappa shape index (κ2) is 8.85. The van der Waals surface area contributed by atoms with Crippen molar-refractivity contribution in [1.29, 1.82) is 0 Å². The number of thiophene rings is 1. The average Bonchev–Trinajstić information content (AvgIpc) is 3.41. The van der Waals surface area contributed by atoms with Crippen LogP contribution in [0.2, 0.25) is 0 Å². The Kier molecular flexibility index (Phi) is 6.01. The third kappa shape index (κ3) is 4.31. The van der Waals surface area contributed by atoms with E-state index in [1.54, 1.807) is 34.4 Å². The van der Waals surface area contributed by atoms with Crippen LogP contribution in [0, 0.1) is 5.82 Å². The average molecular weight is 431 g/mol. The first-order valence-electron chi connectivity index (χ1n) is 9.78. The number of amides is 2. The first kappa shape index (κ1) is 20.4. The van der Waals surface area contributed by atoms with Gasteiger partial charge in [0.2, 0.25) is 5.91 Å². The first-order chi connectivity index (χ1) is 14.5. The number of rotatable bonds is 5. The summed E-state index contributed by atoms with van der Waals surface area (Å²) in [5.41, 5.74) is 6.46. The number of nitrogens with zero attached hydrogens (tertiary/aromatic N) is 3. The van der Waals surface area contributed by atoms with Gasteiger partial charge in [0.25, 0.3) is 0 Å². The second-order valence-electron chi connectivity index (χ2n) is 7.15. The van der Waals surface area contributed by atoms with E-state index >= 15 is 0 Å². The number of benzene rings is 1. The van der Waals surface area contributed by atoms with Gasteiger partial charge in [0.1, 0.15) is 11.9 Å². The molecule has 1 aromatic carbocycles. The van der Waals surface area contributed by atoms with Gasteiger partial charge in [-0.1, -0.05) is 6.07 Å². The van der Waals surface area contributed by atoms with E-state index in [-0.39, 0.29) is 18.6 Å². The maximum atomic E-state index is 14.8. The molecule has 7 nitrogen and oxygen atoms in total. The fourth-order valence-corrected chi connectivity index (χ4v) is 4.21. The molecule has 2 N–H and O–H groups in total. The lowest BCUT2D eigenvalue weighted by Gasteiger charge is -2.36. The molecule has 0 bridgehead atoms. The summed E-state index contributed by atoms with van der Waals surface area (Å²) < 4.78 is 19.9. The Bertz CT molecular complexity index is 942. The van der Waals surface area contributed by atoms with E-state index in [0.29, 0.717) is 44.1 Å². The van der Waals surface area contributed by atoms with Crippen LogP contribution in [0.25, 0.3) is 6.08 Å². The quantitative estimate of drug-likeness (QED) is 0.738. The van der Waals surface area contributed by atoms with E-state index in [4.69, 9.17) is 10.5 Å². The molecule has 0 saturated carbocycles. The van der Waals surface area contributed by atoms with Crippen LogP contribution in [-0.4, -0.2) is 62.3 Å². The van der Waals surface area contributed by atoms with Crippen molar-refractivity contribution >= 4 is 40.8 Å². The summed E-state index contributed by atoms with van der Waals surface area (Å²) in [6.45, 7) is 2.66. The molecule has 158 valence electrons. The molecule has 0 radical (unpaired) electrons. The molecule has 2 aromatic rings. The van der Waals surface area contributed by atoms with Gasteiger partial charge in [0.05, 0.1) is 17.9 Å². The van der Waals surface area contributed by atoms with E-state index in [1.165, 1.54) is 11.0 Å². The lowest BCUT2D eigenvalue weighted by molar-refractivity contribution is -0.126. The zero-order valence-electron chi connectivity index (χ0n) is 16.4. The minimum atomic E-state index is -0.514. The molecular formula is C21H23FN4O3S. The number of anilines is 2. The molecule has 30 heavy (non-hydrogen) atoms. The molecule has 2 fully saturated rings. The summed E-state index contributed by atoms with van der Waals surface area (Å²) in [5.74, 6) is -0.449. The number of piperazine rings is 1. The Morgan fingerprint density at radius 3 is 2.70 bits per heavy atom. The highest BCUT2D eigenvalue weighted by molar-refractivity contribution is 7.10. The molecule has 2 aliphatic rings. The smallest absolute Gasteiger partial charge is 0.414 e. The van der Waals surface area contributed by atoms with Crippen LogP contribution >= 0.6 is 11.3 Å². The van der Waals surface area contributed by atoms with Crippen LogP contribution in [0.4, 0.5) is 20.6 Å². The fraction of sp³-hybridized carbons (Fsp3) is 0.333. The predicted molar refractivity (Wildman–Crippen MR) is 115 cm³/mol. The Hall–Kier alpha value is -2.91. The van der Waals surface area contributed by atoms with Gasteiger partial charge in [0, 0.05) is 43.7 Å². The van der Waals surface area contributed by atoms with Gasteiger partial charge in [-0.3, -0.25) is 9.69 Å². The van der Waals surface area contributed by atoms with Crippen LogP contribution in [0.15, 0.2) is 41.8 Å². The zero-order chi connectivity index (χ0) is 21.1. The predicted octanol–water partition coefficient (Wildman–Crippen LogP) is 2.53. The lowest BCUT2D eigenvalue weighted by Crippen LogP contribution is -2.48. The van der Waals surface area contributed by atoms with E-state index in [2.05, 4.69) is 0 Å². The Morgan fingerprint density at radius 2 is 2.07 bits per heavy atom. The summed E-state index contributed by atoms with van der Waals surface area (Å²) in [5, 5.41) is 1.96. The number of nitrogens with two attached hydrogens (primary N) is 1. The summed E-state index contributed by atoms with van der Waals surface area (Å²) in [7, 11) is 0. The summed E-state index contributed by atoms with van der Waals surface area (Å²) >= 11 is 1.58. The van der Waals surface area contributed by atoms with Gasteiger partial charge >= 0.3 is 6.09 Å². The van der Waals surface area contributed by atoms with Crippen LogP contribution < -0.4 is 15.5 Å². The number of carbonyl (C=O) groups excluding carboxylic acids is 2. The minimum Gasteiger partial charge on any atom is -0.443 e. The largest absolute Gasteiger partial charge is 0.443 e. The van der Waals surface area contributed by atoms with Gasteiger partial charge in [-0.05, 0) is 35.7 Å². The van der Waals surface area contributed by atoms with Crippen LogP contribution in [0.5, 0.6) is 0 Å². The third-order valence-electron chi connectivity index (χ3n) is 5.25. The highest BCUT2D eigenvalue weighted by Crippen LogP contribution is 2.28. The van der Waals surface area contributed by atoms with E-state index in [9.17, 15) is 14.0 Å². The highest BCUT2D eigenvalue weighted by atomic mass is 32.1. The third-order valence-corrected chi connectivity index (χ3v) is 6.08. The van der Waals surface area contributed by atoms with Crippen molar-refractivity contribution in [3.63, 3.8) is 0 Å². The van der Waals surface area contributed by atoms with Crippen molar-refractivity contribution in [1.82, 2.24) is 4.90 Å². The molecule has 0 spiro atoms. The number of hydrogen-bond donors (Lipinski definition) is 1. The molecule has 2 amide bonds. The molecule has 2 aliphatic heterocycles. The summed E-state index contributed by atoms with van der Waals surface area (Å²) in [6.07, 6.45) is 2.51. The summed E-state index contributed by atoms with van der Waals surface area (Å²) in [4.78, 5) is 30.4. The van der Waals surface area contributed by atoms with Crippen LogP contribution in [0.3, 0.4) is 0 Å². The fourth-order valence-electron chi connectivity index (χ4n) is 3.59. The van der Waals surface area contributed by atoms with Gasteiger partial charge in [0.15, 0.2) is 0 Å². The maximum Gasteiger partial charge on any atom is 0.414 e. The number of hydrogen-bond acceptors (Lipinski definition) is 6. The van der Waals surface area contributed by atoms with Gasteiger partial charge in [-0.25, -0.2) is 9.18 Å². The van der Waals surface area contributed by atoms with Crippen molar-refractivity contribution in [2.24, 2.45) is 5.73 Å². The lowest BCUT2D eigenvalue weighted by atomic mass is 10.2. The Labute approximate surface area is 178 Å². The zero-order valence-corrected chi connectivity index (χ0v) is 17.2. The molecular weight excluding hydrogens is 407 g/mol. The topological polar surface area (TPSA) is 79.1 Å². The molecule has 2 saturated heterocycles. The maximum absolute atomic E-state index is 14.8. The molecule has 1 aromatic heterocycles. The summed E-state index contributed by atoms with van der Waals surface area (Å²) in [6, 6.07) is 8.62. The number of halogens is 1. The van der Waals surface area contributed by atoms with E-state index < -0.39 is 11.9 Å². The number of ether oxygens (including phenoxy) is 1. The standard InChI is InChI=1S/C21H23FN4O3S/c22-18-12-15(26-14-16(13-23)29-21(26)28)3-5-19(18)24-7-9-25(10-8-24)20(27)6-4-17-2-1-11-30-17/h1-6,11-12,16H,7-10,13-14,23H2/t16-/m0/s1. The number of cyclic esters (lactones) is 1. The first-order valence-corrected chi connectivity index (χ1v) is 10.7. The second-order valence-corrected chi connectivity index (χ2v) is 8.13. The SMILES string of the molecule is NC[C@H]1CN(c2ccc(N3CCN(C(=O)C=Cc4cccs4)CC3)c(F)c2)C(=O)O1. The molecule has 1 atom stereocenters. The van der Waals surface area contributed by atoms with Crippen molar-refractivity contribution in [3.05, 3.63) is 52.5 Å². The van der Waals surface area contributed by atoms with Crippen LogP contribution in [-0.2, 0) is 9.53 Å². The Balaban J connectivity index is 1.36. The van der Waals surface area contributed by atoms with Gasteiger partial charge in [-0.2, -0.15) is 0 Å². The molecule has 9 heteroatoms. The van der Waals surface area contributed by atoms with Gasteiger partial charge < -0.3 is 20.3 Å². The molecule has 0 aliphatic carbocycles. The normalized spacial score (nSPS) is 19.6. The molecule has 3 heterocycles. The molecule has 4 rings (SSSR count). The van der Waals surface area contributed by atoms with E-state index in [0.717, 1.165) is 4.88 Å². The van der Waals surface area contributed by atoms with Crippen LogP contribution in [0.1, 0.15) is 4.88 Å². The Morgan fingerprint density at radius 1 is 1.27 bits per heavy atom. The van der Waals surface area contributed by atoms with Crippen molar-refractivity contribution in [2.75, 3.05) is 49.1 Å². The minimum absolute atomic E-state index is 0.0409. The van der Waals surface area contributed by atoms with Crippen molar-refractivity contribution in [2.45, 2.75) is 6.10 Å². The number of carbonyl (C=O) groups is 2. The molecule has 0 unspecified atom stereocenters.